The smallest absolute Gasteiger partial charge is 0.245 e. The quantitative estimate of drug-likeness (QED) is 0.657. The van der Waals surface area contributed by atoms with E-state index < -0.39 is 0 Å². The maximum Gasteiger partial charge on any atom is 0.245 e. The molecule has 0 bridgehead atoms. The second-order valence-corrected chi connectivity index (χ2v) is 5.28. The fourth-order valence-corrected chi connectivity index (χ4v) is 2.82. The zero-order chi connectivity index (χ0) is 14.4. The van der Waals surface area contributed by atoms with Crippen LogP contribution in [0.3, 0.4) is 0 Å². The van der Waals surface area contributed by atoms with Crippen molar-refractivity contribution in [1.29, 1.82) is 0 Å². The van der Waals surface area contributed by atoms with Crippen molar-refractivity contribution in [3.05, 3.63) is 0 Å². The van der Waals surface area contributed by atoms with E-state index in [9.17, 15) is 9.59 Å². The van der Waals surface area contributed by atoms with Gasteiger partial charge in [-0.3, -0.25) is 9.59 Å². The number of rotatable bonds is 6. The number of hydrogen-bond acceptors (Lipinski definition) is 4. The SMILES string of the molecule is COCCOCCN1CCC(=O)N2CCCCC2C1=O. The number of fused-ring (bicyclic) bond motifs is 1. The third-order valence-corrected chi connectivity index (χ3v) is 3.95. The predicted molar refractivity (Wildman–Crippen MR) is 73.2 cm³/mol. The van der Waals surface area contributed by atoms with Crippen LogP contribution in [0.15, 0.2) is 0 Å². The summed E-state index contributed by atoms with van der Waals surface area (Å²) in [4.78, 5) is 28.1. The molecule has 0 aromatic carbocycles. The second-order valence-electron chi connectivity index (χ2n) is 5.28. The molecule has 0 radical (unpaired) electrons. The molecule has 0 aromatic heterocycles. The summed E-state index contributed by atoms with van der Waals surface area (Å²) in [7, 11) is 1.63. The Bertz CT molecular complexity index is 348. The van der Waals surface area contributed by atoms with Crippen molar-refractivity contribution in [2.75, 3.05) is 46.6 Å². The molecular formula is C14H24N2O4. The first-order chi connectivity index (χ1) is 9.74. The van der Waals surface area contributed by atoms with Crippen LogP contribution in [-0.2, 0) is 19.1 Å². The van der Waals surface area contributed by atoms with Gasteiger partial charge in [-0.2, -0.15) is 0 Å². The van der Waals surface area contributed by atoms with E-state index >= 15 is 0 Å². The second kappa shape index (κ2) is 7.59. The third kappa shape index (κ3) is 3.70. The fraction of sp³-hybridized carbons (Fsp3) is 0.857. The topological polar surface area (TPSA) is 59.1 Å². The van der Waals surface area contributed by atoms with Crippen LogP contribution in [-0.4, -0.2) is 74.2 Å². The third-order valence-electron chi connectivity index (χ3n) is 3.95. The lowest BCUT2D eigenvalue weighted by molar-refractivity contribution is -0.143. The number of amides is 2. The molecule has 1 unspecified atom stereocenters. The summed E-state index contributed by atoms with van der Waals surface area (Å²) < 4.78 is 10.3. The van der Waals surface area contributed by atoms with E-state index in [0.29, 0.717) is 39.3 Å². The molecular weight excluding hydrogens is 260 g/mol. The van der Waals surface area contributed by atoms with E-state index in [0.717, 1.165) is 25.8 Å². The van der Waals surface area contributed by atoms with Crippen LogP contribution in [0.25, 0.3) is 0 Å². The molecule has 2 heterocycles. The molecule has 2 rings (SSSR count). The Labute approximate surface area is 120 Å². The lowest BCUT2D eigenvalue weighted by Crippen LogP contribution is -2.50. The molecule has 2 aliphatic rings. The first kappa shape index (κ1) is 15.3. The van der Waals surface area contributed by atoms with Crippen molar-refractivity contribution < 1.29 is 19.1 Å². The van der Waals surface area contributed by atoms with E-state index in [4.69, 9.17) is 9.47 Å². The van der Waals surface area contributed by atoms with Gasteiger partial charge in [-0.15, -0.1) is 0 Å². The Morgan fingerprint density at radius 1 is 1.15 bits per heavy atom. The molecule has 2 aliphatic heterocycles. The normalized spacial score (nSPS) is 23.8. The van der Waals surface area contributed by atoms with Gasteiger partial charge in [0.25, 0.3) is 0 Å². The van der Waals surface area contributed by atoms with Crippen LogP contribution >= 0.6 is 0 Å². The Balaban J connectivity index is 1.86. The van der Waals surface area contributed by atoms with Gasteiger partial charge in [0.1, 0.15) is 6.04 Å². The molecule has 0 saturated carbocycles. The highest BCUT2D eigenvalue weighted by Crippen LogP contribution is 2.22. The molecule has 114 valence electrons. The monoisotopic (exact) mass is 284 g/mol. The summed E-state index contributed by atoms with van der Waals surface area (Å²) in [6, 6.07) is -0.238. The molecule has 1 atom stereocenters. The van der Waals surface area contributed by atoms with Crippen molar-refractivity contribution in [3.8, 4) is 0 Å². The molecule has 2 saturated heterocycles. The Hall–Kier alpha value is -1.14. The largest absolute Gasteiger partial charge is 0.382 e. The number of ether oxygens (including phenoxy) is 2. The van der Waals surface area contributed by atoms with E-state index in [-0.39, 0.29) is 17.9 Å². The van der Waals surface area contributed by atoms with Crippen molar-refractivity contribution in [2.45, 2.75) is 31.7 Å². The summed E-state index contributed by atoms with van der Waals surface area (Å²) >= 11 is 0. The minimum atomic E-state index is -0.238. The van der Waals surface area contributed by atoms with Gasteiger partial charge >= 0.3 is 0 Å². The zero-order valence-corrected chi connectivity index (χ0v) is 12.2. The molecule has 0 spiro atoms. The van der Waals surface area contributed by atoms with Crippen LogP contribution in [0.5, 0.6) is 0 Å². The Morgan fingerprint density at radius 2 is 2.00 bits per heavy atom. The molecule has 0 aromatic rings. The predicted octanol–water partition coefficient (Wildman–Crippen LogP) is 0.263. The number of methoxy groups -OCH3 is 1. The number of piperidine rings is 1. The van der Waals surface area contributed by atoms with Gasteiger partial charge in [0.15, 0.2) is 0 Å². The first-order valence-electron chi connectivity index (χ1n) is 7.39. The zero-order valence-electron chi connectivity index (χ0n) is 12.2. The fourth-order valence-electron chi connectivity index (χ4n) is 2.82. The van der Waals surface area contributed by atoms with Crippen LogP contribution in [0.2, 0.25) is 0 Å². The standard InChI is InChI=1S/C14H24N2O4/c1-19-10-11-20-9-8-15-7-5-13(17)16-6-3-2-4-12(16)14(15)18/h12H,2-11H2,1H3. The van der Waals surface area contributed by atoms with Gasteiger partial charge in [0.05, 0.1) is 19.8 Å². The minimum Gasteiger partial charge on any atom is -0.382 e. The number of carbonyl (C=O) groups excluding carboxylic acids is 2. The van der Waals surface area contributed by atoms with Crippen molar-refractivity contribution >= 4 is 11.8 Å². The van der Waals surface area contributed by atoms with E-state index in [1.807, 2.05) is 0 Å². The number of carbonyl (C=O) groups is 2. The maximum absolute atomic E-state index is 12.5. The maximum atomic E-state index is 12.5. The van der Waals surface area contributed by atoms with E-state index in [1.165, 1.54) is 0 Å². The van der Waals surface area contributed by atoms with E-state index in [2.05, 4.69) is 0 Å². The van der Waals surface area contributed by atoms with Crippen molar-refractivity contribution in [2.24, 2.45) is 0 Å². The van der Waals surface area contributed by atoms with Crippen LogP contribution < -0.4 is 0 Å². The highest BCUT2D eigenvalue weighted by Gasteiger charge is 2.37. The highest BCUT2D eigenvalue weighted by atomic mass is 16.5. The van der Waals surface area contributed by atoms with Crippen molar-refractivity contribution in [1.82, 2.24) is 9.80 Å². The minimum absolute atomic E-state index is 0.0888. The summed E-state index contributed by atoms with van der Waals surface area (Å²) in [5.74, 6) is 0.205. The average molecular weight is 284 g/mol. The van der Waals surface area contributed by atoms with Crippen LogP contribution in [0, 0.1) is 0 Å². The molecule has 20 heavy (non-hydrogen) atoms. The number of hydrogen-bond donors (Lipinski definition) is 0. The van der Waals surface area contributed by atoms with Crippen LogP contribution in [0.4, 0.5) is 0 Å². The Morgan fingerprint density at radius 3 is 2.80 bits per heavy atom. The average Bonchev–Trinajstić information content (AvgIpc) is 2.59. The molecule has 2 fully saturated rings. The van der Waals surface area contributed by atoms with Gasteiger partial charge in [0.2, 0.25) is 11.8 Å². The van der Waals surface area contributed by atoms with Gasteiger partial charge in [-0.1, -0.05) is 0 Å². The lowest BCUT2D eigenvalue weighted by Gasteiger charge is -2.34. The summed E-state index contributed by atoms with van der Waals surface area (Å²) in [6.45, 7) is 3.39. The lowest BCUT2D eigenvalue weighted by atomic mass is 10.0. The van der Waals surface area contributed by atoms with Gasteiger partial charge < -0.3 is 19.3 Å². The highest BCUT2D eigenvalue weighted by molar-refractivity contribution is 5.90. The van der Waals surface area contributed by atoms with Crippen molar-refractivity contribution in [3.63, 3.8) is 0 Å². The molecule has 6 nitrogen and oxygen atoms in total. The van der Waals surface area contributed by atoms with Crippen LogP contribution in [0.1, 0.15) is 25.7 Å². The molecule has 6 heteroatoms. The summed E-state index contributed by atoms with van der Waals surface area (Å²) in [5, 5.41) is 0. The molecule has 0 N–H and O–H groups in total. The Kier molecular flexibility index (Phi) is 5.79. The summed E-state index contributed by atoms with van der Waals surface area (Å²) in [6.07, 6.45) is 3.26. The van der Waals surface area contributed by atoms with E-state index in [1.54, 1.807) is 16.9 Å². The molecule has 0 aliphatic carbocycles. The first-order valence-corrected chi connectivity index (χ1v) is 7.39. The van der Waals surface area contributed by atoms with Gasteiger partial charge in [0, 0.05) is 33.2 Å². The number of nitrogens with zero attached hydrogens (tertiary/aromatic N) is 2. The molecule has 2 amide bonds. The van der Waals surface area contributed by atoms with Gasteiger partial charge in [-0.25, -0.2) is 0 Å². The van der Waals surface area contributed by atoms with Gasteiger partial charge in [-0.05, 0) is 19.3 Å². The summed E-state index contributed by atoms with van der Waals surface area (Å²) in [5.41, 5.74) is 0.